The van der Waals surface area contributed by atoms with Crippen LogP contribution in [0.5, 0.6) is 11.5 Å². The first-order chi connectivity index (χ1) is 12.5. The van der Waals surface area contributed by atoms with Crippen molar-refractivity contribution in [2.75, 3.05) is 12.3 Å². The van der Waals surface area contributed by atoms with Gasteiger partial charge in [-0.3, -0.25) is 5.10 Å². The van der Waals surface area contributed by atoms with Gasteiger partial charge in [0.2, 0.25) is 0 Å². The number of ether oxygens (including phenoxy) is 1. The second-order valence-corrected chi connectivity index (χ2v) is 5.85. The molecular weight excluding hydrogens is 330 g/mol. The van der Waals surface area contributed by atoms with Gasteiger partial charge in [0.05, 0.1) is 18.0 Å². The van der Waals surface area contributed by atoms with Crippen LogP contribution in [0.2, 0.25) is 0 Å². The number of anilines is 1. The highest BCUT2D eigenvalue weighted by Crippen LogP contribution is 2.37. The van der Waals surface area contributed by atoms with Crippen LogP contribution in [-0.4, -0.2) is 26.9 Å². The Balaban J connectivity index is 2.24. The van der Waals surface area contributed by atoms with Gasteiger partial charge in [0.1, 0.15) is 17.5 Å². The predicted octanol–water partition coefficient (Wildman–Crippen LogP) is 3.31. The van der Waals surface area contributed by atoms with Gasteiger partial charge in [-0.05, 0) is 44.5 Å². The van der Waals surface area contributed by atoms with E-state index in [4.69, 9.17) is 10.5 Å². The van der Waals surface area contributed by atoms with E-state index in [-0.39, 0.29) is 17.1 Å². The van der Waals surface area contributed by atoms with Crippen molar-refractivity contribution < 1.29 is 9.84 Å². The number of rotatable bonds is 4. The molecule has 0 fully saturated rings. The van der Waals surface area contributed by atoms with Gasteiger partial charge in [0, 0.05) is 16.8 Å². The number of benzene rings is 1. The number of pyridine rings is 1. The minimum atomic E-state index is 0.0397. The summed E-state index contributed by atoms with van der Waals surface area (Å²) >= 11 is 0. The van der Waals surface area contributed by atoms with Crippen LogP contribution in [0.1, 0.15) is 23.9 Å². The number of phenolic OH excluding ortho intramolecular Hbond substituents is 1. The summed E-state index contributed by atoms with van der Waals surface area (Å²) in [6.07, 6.45) is 0. The van der Waals surface area contributed by atoms with Gasteiger partial charge in [0.15, 0.2) is 11.5 Å². The molecule has 0 amide bonds. The van der Waals surface area contributed by atoms with E-state index in [1.165, 1.54) is 6.07 Å². The lowest BCUT2D eigenvalue weighted by Crippen LogP contribution is -2.01. The molecule has 1 aromatic carbocycles. The number of nitriles is 1. The molecule has 7 nitrogen and oxygen atoms in total. The van der Waals surface area contributed by atoms with E-state index in [0.717, 1.165) is 17.0 Å². The molecule has 7 heteroatoms. The lowest BCUT2D eigenvalue weighted by molar-refractivity contribution is 0.318. The third-order valence-electron chi connectivity index (χ3n) is 4.11. The fraction of sp³-hybridized carbons (Fsp3) is 0.211. The van der Waals surface area contributed by atoms with Gasteiger partial charge in [-0.25, -0.2) is 4.98 Å². The second-order valence-electron chi connectivity index (χ2n) is 5.85. The highest BCUT2D eigenvalue weighted by atomic mass is 16.5. The summed E-state index contributed by atoms with van der Waals surface area (Å²) in [5.41, 5.74) is 10.8. The maximum Gasteiger partial charge on any atom is 0.161 e. The van der Waals surface area contributed by atoms with E-state index < -0.39 is 0 Å². The van der Waals surface area contributed by atoms with Crippen LogP contribution in [-0.2, 0) is 0 Å². The summed E-state index contributed by atoms with van der Waals surface area (Å²) in [6, 6.07) is 8.86. The molecular formula is C19H19N5O2. The SMILES string of the molecule is CCOc1cc(-c2cc(-c3c(C)n[nH]c3C)nc(N)c2C#N)ccc1O. The standard InChI is InChI=1S/C19H19N5O2/c1-4-26-17-7-12(5-6-16(17)25)13-8-15(22-19(21)14(13)9-20)18-10(2)23-24-11(18)3/h5-8,25H,4H2,1-3H3,(H2,21,22)(H,23,24). The van der Waals surface area contributed by atoms with Crippen molar-refractivity contribution >= 4 is 5.82 Å². The Hall–Kier alpha value is -3.53. The molecule has 0 atom stereocenters. The quantitative estimate of drug-likeness (QED) is 0.664. The zero-order valence-corrected chi connectivity index (χ0v) is 14.8. The Bertz CT molecular complexity index is 998. The summed E-state index contributed by atoms with van der Waals surface area (Å²) in [6.45, 7) is 6.03. The number of nitrogens with two attached hydrogens (primary N) is 1. The largest absolute Gasteiger partial charge is 0.504 e. The van der Waals surface area contributed by atoms with Crippen molar-refractivity contribution in [3.8, 4) is 40.0 Å². The maximum atomic E-state index is 9.93. The third kappa shape index (κ3) is 2.93. The van der Waals surface area contributed by atoms with E-state index in [1.54, 1.807) is 12.1 Å². The summed E-state index contributed by atoms with van der Waals surface area (Å²) < 4.78 is 5.45. The second kappa shape index (κ2) is 6.76. The average Bonchev–Trinajstić information content (AvgIpc) is 2.95. The van der Waals surface area contributed by atoms with Gasteiger partial charge < -0.3 is 15.6 Å². The average molecular weight is 349 g/mol. The lowest BCUT2D eigenvalue weighted by atomic mass is 9.97. The molecule has 0 aliphatic carbocycles. The van der Waals surface area contributed by atoms with Crippen LogP contribution in [0.3, 0.4) is 0 Å². The van der Waals surface area contributed by atoms with Crippen molar-refractivity contribution in [2.45, 2.75) is 20.8 Å². The summed E-state index contributed by atoms with van der Waals surface area (Å²) in [7, 11) is 0. The number of aromatic nitrogens is 3. The number of hydrogen-bond donors (Lipinski definition) is 3. The Morgan fingerprint density at radius 1 is 1.31 bits per heavy atom. The molecule has 2 aromatic heterocycles. The van der Waals surface area contributed by atoms with Gasteiger partial charge in [0.25, 0.3) is 0 Å². The number of nitrogens with zero attached hydrogens (tertiary/aromatic N) is 3. The van der Waals surface area contributed by atoms with Crippen LogP contribution in [0.25, 0.3) is 22.4 Å². The normalized spacial score (nSPS) is 10.5. The molecule has 0 aliphatic rings. The van der Waals surface area contributed by atoms with Crippen molar-refractivity contribution in [1.82, 2.24) is 15.2 Å². The van der Waals surface area contributed by atoms with Crippen molar-refractivity contribution in [2.24, 2.45) is 0 Å². The Kier molecular flexibility index (Phi) is 4.50. The molecule has 26 heavy (non-hydrogen) atoms. The molecule has 0 unspecified atom stereocenters. The summed E-state index contributed by atoms with van der Waals surface area (Å²) in [5, 5.41) is 26.6. The third-order valence-corrected chi connectivity index (χ3v) is 4.11. The molecule has 2 heterocycles. The number of nitrogens with one attached hydrogen (secondary N) is 1. The Labute approximate surface area is 151 Å². The topological polar surface area (TPSA) is 121 Å². The van der Waals surface area contributed by atoms with Gasteiger partial charge in [-0.1, -0.05) is 6.07 Å². The zero-order valence-electron chi connectivity index (χ0n) is 14.8. The number of aromatic hydroxyl groups is 1. The molecule has 0 aliphatic heterocycles. The molecule has 3 rings (SSSR count). The van der Waals surface area contributed by atoms with E-state index in [9.17, 15) is 10.4 Å². The van der Waals surface area contributed by atoms with Crippen LogP contribution < -0.4 is 10.5 Å². The van der Waals surface area contributed by atoms with E-state index in [1.807, 2.05) is 26.8 Å². The van der Waals surface area contributed by atoms with Gasteiger partial charge >= 0.3 is 0 Å². The first kappa shape index (κ1) is 17.3. The fourth-order valence-electron chi connectivity index (χ4n) is 2.92. The first-order valence-corrected chi connectivity index (χ1v) is 8.15. The highest BCUT2D eigenvalue weighted by Gasteiger charge is 2.18. The van der Waals surface area contributed by atoms with Crippen LogP contribution in [0, 0.1) is 25.2 Å². The van der Waals surface area contributed by atoms with Crippen molar-refractivity contribution in [1.29, 1.82) is 5.26 Å². The minimum Gasteiger partial charge on any atom is -0.504 e. The number of H-pyrrole nitrogens is 1. The molecule has 132 valence electrons. The van der Waals surface area contributed by atoms with Crippen LogP contribution in [0.4, 0.5) is 5.82 Å². The molecule has 0 saturated heterocycles. The zero-order chi connectivity index (χ0) is 18.8. The molecule has 0 radical (unpaired) electrons. The number of aromatic amines is 1. The number of hydrogen-bond acceptors (Lipinski definition) is 6. The maximum absolute atomic E-state index is 9.93. The van der Waals surface area contributed by atoms with E-state index >= 15 is 0 Å². The number of nitrogen functional groups attached to an aromatic ring is 1. The minimum absolute atomic E-state index is 0.0397. The monoisotopic (exact) mass is 349 g/mol. The molecule has 0 saturated carbocycles. The van der Waals surface area contributed by atoms with E-state index in [0.29, 0.717) is 29.2 Å². The number of aryl methyl sites for hydroxylation is 2. The van der Waals surface area contributed by atoms with Crippen molar-refractivity contribution in [3.63, 3.8) is 0 Å². The Morgan fingerprint density at radius 3 is 2.69 bits per heavy atom. The van der Waals surface area contributed by atoms with Gasteiger partial charge in [-0.15, -0.1) is 0 Å². The molecule has 4 N–H and O–H groups in total. The van der Waals surface area contributed by atoms with Crippen LogP contribution >= 0.6 is 0 Å². The molecule has 3 aromatic rings. The smallest absolute Gasteiger partial charge is 0.161 e. The number of phenols is 1. The predicted molar refractivity (Wildman–Crippen MR) is 98.7 cm³/mol. The summed E-state index contributed by atoms with van der Waals surface area (Å²) in [5.74, 6) is 0.533. The first-order valence-electron chi connectivity index (χ1n) is 8.15. The highest BCUT2D eigenvalue weighted by molar-refractivity contribution is 5.82. The summed E-state index contributed by atoms with van der Waals surface area (Å²) in [4.78, 5) is 4.39. The molecule has 0 bridgehead atoms. The lowest BCUT2D eigenvalue weighted by Gasteiger charge is -2.12. The van der Waals surface area contributed by atoms with Crippen LogP contribution in [0.15, 0.2) is 24.3 Å². The van der Waals surface area contributed by atoms with E-state index in [2.05, 4.69) is 21.3 Å². The van der Waals surface area contributed by atoms with Gasteiger partial charge in [-0.2, -0.15) is 10.4 Å². The van der Waals surface area contributed by atoms with Crippen molar-refractivity contribution in [3.05, 3.63) is 41.2 Å². The Morgan fingerprint density at radius 2 is 2.08 bits per heavy atom. The fourth-order valence-corrected chi connectivity index (χ4v) is 2.92. The molecule has 0 spiro atoms.